The van der Waals surface area contributed by atoms with E-state index in [0.29, 0.717) is 11.0 Å². The molecule has 0 aliphatic rings. The van der Waals surface area contributed by atoms with Gasteiger partial charge in [0.1, 0.15) is 0 Å². The maximum Gasteiger partial charge on any atom is 0.338 e. The largest absolute Gasteiger partial charge is 0.449 e. The lowest BCUT2D eigenvalue weighted by Crippen LogP contribution is -2.30. The average Bonchev–Trinajstić information content (AvgIpc) is 3.21. The summed E-state index contributed by atoms with van der Waals surface area (Å²) < 4.78 is 33.0. The van der Waals surface area contributed by atoms with Gasteiger partial charge >= 0.3 is 11.7 Å². The zero-order valence-corrected chi connectivity index (χ0v) is 20.8. The number of halogens is 2. The van der Waals surface area contributed by atoms with Crippen LogP contribution in [0.3, 0.4) is 0 Å². The standard InChI is InChI=1S/C23H18Cl2N4O6S/c1-12(21(30)26-18-4-2-3-16(24)20(18)25)35-22(31)13-5-7-14(8-6-13)29-36(33,34)15-9-10-17-19(11-15)28-23(32)27-17/h2-12,29H,1H3,(H,26,30)(H2,27,28,32)/t12-/m0/s1. The van der Waals surface area contributed by atoms with Gasteiger partial charge in [0.2, 0.25) is 0 Å². The highest BCUT2D eigenvalue weighted by molar-refractivity contribution is 7.92. The van der Waals surface area contributed by atoms with Crippen LogP contribution in [-0.2, 0) is 19.6 Å². The van der Waals surface area contributed by atoms with E-state index >= 15 is 0 Å². The van der Waals surface area contributed by atoms with Crippen LogP contribution in [0.4, 0.5) is 11.4 Å². The van der Waals surface area contributed by atoms with E-state index in [2.05, 4.69) is 20.0 Å². The number of H-pyrrole nitrogens is 2. The lowest BCUT2D eigenvalue weighted by molar-refractivity contribution is -0.123. The van der Waals surface area contributed by atoms with Crippen LogP contribution in [0.15, 0.2) is 70.4 Å². The Kier molecular flexibility index (Phi) is 7.07. The molecule has 13 heteroatoms. The SMILES string of the molecule is C[C@H](OC(=O)c1ccc(NS(=O)(=O)c2ccc3[nH]c(=O)[nH]c3c2)cc1)C(=O)Nc1cccc(Cl)c1Cl. The van der Waals surface area contributed by atoms with Gasteiger partial charge in [-0.05, 0) is 61.5 Å². The second-order valence-corrected chi connectivity index (χ2v) is 10.1. The molecular weight excluding hydrogens is 531 g/mol. The predicted octanol–water partition coefficient (Wildman–Crippen LogP) is 4.15. The molecule has 0 unspecified atom stereocenters. The molecule has 1 aromatic heterocycles. The van der Waals surface area contributed by atoms with Crippen molar-refractivity contribution in [3.05, 3.63) is 86.8 Å². The number of aromatic amines is 2. The van der Waals surface area contributed by atoms with Gasteiger partial charge in [-0.3, -0.25) is 9.52 Å². The molecule has 1 atom stereocenters. The third-order valence-corrected chi connectivity index (χ3v) is 7.23. The number of fused-ring (bicyclic) bond motifs is 1. The first-order valence-corrected chi connectivity index (χ1v) is 12.6. The smallest absolute Gasteiger partial charge is 0.338 e. The second-order valence-electron chi connectivity index (χ2n) is 7.61. The molecule has 4 aromatic rings. The lowest BCUT2D eigenvalue weighted by Gasteiger charge is -2.15. The molecule has 0 aliphatic carbocycles. The number of aromatic nitrogens is 2. The maximum atomic E-state index is 12.7. The van der Waals surface area contributed by atoms with Crippen molar-refractivity contribution < 1.29 is 22.7 Å². The molecule has 0 radical (unpaired) electrons. The van der Waals surface area contributed by atoms with Crippen molar-refractivity contribution in [2.75, 3.05) is 10.0 Å². The Balaban J connectivity index is 1.40. The van der Waals surface area contributed by atoms with Gasteiger partial charge in [-0.15, -0.1) is 0 Å². The molecule has 0 aliphatic heterocycles. The zero-order valence-electron chi connectivity index (χ0n) is 18.5. The Labute approximate surface area is 214 Å². The van der Waals surface area contributed by atoms with Crippen molar-refractivity contribution in [1.29, 1.82) is 0 Å². The summed E-state index contributed by atoms with van der Waals surface area (Å²) in [6.45, 7) is 1.39. The molecule has 4 rings (SSSR count). The predicted molar refractivity (Wildman–Crippen MR) is 136 cm³/mol. The number of rotatable bonds is 7. The first kappa shape index (κ1) is 25.3. The minimum Gasteiger partial charge on any atom is -0.449 e. The van der Waals surface area contributed by atoms with E-state index in [1.165, 1.54) is 49.4 Å². The quantitative estimate of drug-likeness (QED) is 0.255. The Morgan fingerprint density at radius 2 is 1.67 bits per heavy atom. The number of amides is 1. The van der Waals surface area contributed by atoms with E-state index in [1.54, 1.807) is 18.2 Å². The Morgan fingerprint density at radius 3 is 2.39 bits per heavy atom. The van der Waals surface area contributed by atoms with Crippen LogP contribution in [0.2, 0.25) is 10.0 Å². The van der Waals surface area contributed by atoms with Gasteiger partial charge in [0.25, 0.3) is 15.9 Å². The minimum atomic E-state index is -3.97. The molecule has 10 nitrogen and oxygen atoms in total. The van der Waals surface area contributed by atoms with E-state index in [0.717, 1.165) is 0 Å². The van der Waals surface area contributed by atoms with Crippen LogP contribution in [-0.4, -0.2) is 36.4 Å². The number of ether oxygens (including phenoxy) is 1. The Bertz CT molecular complexity index is 1630. The van der Waals surface area contributed by atoms with E-state index < -0.39 is 33.7 Å². The van der Waals surface area contributed by atoms with Crippen molar-refractivity contribution >= 4 is 67.5 Å². The molecule has 0 saturated heterocycles. The average molecular weight is 549 g/mol. The highest BCUT2D eigenvalue weighted by Gasteiger charge is 2.21. The summed E-state index contributed by atoms with van der Waals surface area (Å²) in [4.78, 5) is 41.2. The molecule has 3 aromatic carbocycles. The van der Waals surface area contributed by atoms with Crippen molar-refractivity contribution in [2.45, 2.75) is 17.9 Å². The fourth-order valence-electron chi connectivity index (χ4n) is 3.18. The lowest BCUT2D eigenvalue weighted by atomic mass is 10.2. The van der Waals surface area contributed by atoms with E-state index in [1.807, 2.05) is 0 Å². The van der Waals surface area contributed by atoms with Crippen LogP contribution < -0.4 is 15.7 Å². The molecule has 0 spiro atoms. The molecule has 1 amide bonds. The number of anilines is 2. The van der Waals surface area contributed by atoms with Gasteiger partial charge in [0, 0.05) is 5.69 Å². The Morgan fingerprint density at radius 1 is 0.972 bits per heavy atom. The number of benzene rings is 3. The number of sulfonamides is 1. The van der Waals surface area contributed by atoms with Crippen LogP contribution >= 0.6 is 23.2 Å². The molecule has 0 fully saturated rings. The summed E-state index contributed by atoms with van der Waals surface area (Å²) in [6.07, 6.45) is -1.15. The van der Waals surface area contributed by atoms with Crippen LogP contribution in [0.1, 0.15) is 17.3 Å². The fraction of sp³-hybridized carbons (Fsp3) is 0.0870. The molecule has 36 heavy (non-hydrogen) atoms. The number of nitrogens with one attached hydrogen (secondary N) is 4. The third-order valence-electron chi connectivity index (χ3n) is 5.03. The van der Waals surface area contributed by atoms with Gasteiger partial charge in [-0.1, -0.05) is 29.3 Å². The van der Waals surface area contributed by atoms with Gasteiger partial charge in [-0.2, -0.15) is 0 Å². The normalized spacial score (nSPS) is 12.2. The third kappa shape index (κ3) is 5.54. The molecule has 1 heterocycles. The highest BCUT2D eigenvalue weighted by Crippen LogP contribution is 2.29. The molecular formula is C23H18Cl2N4O6S. The Hall–Kier alpha value is -3.80. The molecule has 0 bridgehead atoms. The molecule has 4 N–H and O–H groups in total. The van der Waals surface area contributed by atoms with Crippen molar-refractivity contribution in [3.63, 3.8) is 0 Å². The summed E-state index contributed by atoms with van der Waals surface area (Å²) in [5.41, 5.74) is 0.934. The minimum absolute atomic E-state index is 0.0617. The van der Waals surface area contributed by atoms with Gasteiger partial charge in [-0.25, -0.2) is 18.0 Å². The topological polar surface area (TPSA) is 150 Å². The van der Waals surface area contributed by atoms with Gasteiger partial charge in [0.05, 0.1) is 37.2 Å². The van der Waals surface area contributed by atoms with E-state index in [-0.39, 0.29) is 31.9 Å². The summed E-state index contributed by atoms with van der Waals surface area (Å²) in [7, 11) is -3.97. The van der Waals surface area contributed by atoms with Crippen molar-refractivity contribution in [2.24, 2.45) is 0 Å². The van der Waals surface area contributed by atoms with Gasteiger partial charge < -0.3 is 20.0 Å². The molecule has 0 saturated carbocycles. The van der Waals surface area contributed by atoms with Crippen LogP contribution in [0.5, 0.6) is 0 Å². The van der Waals surface area contributed by atoms with Gasteiger partial charge in [0.15, 0.2) is 6.10 Å². The summed E-state index contributed by atoms with van der Waals surface area (Å²) >= 11 is 12.0. The first-order valence-electron chi connectivity index (χ1n) is 10.3. The summed E-state index contributed by atoms with van der Waals surface area (Å²) in [6, 6.07) is 14.3. The number of carbonyl (C=O) groups is 2. The number of hydrogen-bond acceptors (Lipinski definition) is 6. The number of esters is 1. The summed E-state index contributed by atoms with van der Waals surface area (Å²) in [5, 5.41) is 2.96. The number of hydrogen-bond donors (Lipinski definition) is 4. The van der Waals surface area contributed by atoms with E-state index in [9.17, 15) is 22.8 Å². The van der Waals surface area contributed by atoms with Crippen molar-refractivity contribution in [3.8, 4) is 0 Å². The van der Waals surface area contributed by atoms with Crippen LogP contribution in [0, 0.1) is 0 Å². The van der Waals surface area contributed by atoms with Crippen molar-refractivity contribution in [1.82, 2.24) is 9.97 Å². The van der Waals surface area contributed by atoms with E-state index in [4.69, 9.17) is 27.9 Å². The monoisotopic (exact) mass is 548 g/mol. The first-order chi connectivity index (χ1) is 17.0. The van der Waals surface area contributed by atoms with Crippen LogP contribution in [0.25, 0.3) is 11.0 Å². The molecule has 186 valence electrons. The number of carbonyl (C=O) groups excluding carboxylic acids is 2. The fourth-order valence-corrected chi connectivity index (χ4v) is 4.62. The number of imidazole rings is 1. The second kappa shape index (κ2) is 10.1. The maximum absolute atomic E-state index is 12.7. The summed E-state index contributed by atoms with van der Waals surface area (Å²) in [5.74, 6) is -1.40. The highest BCUT2D eigenvalue weighted by atomic mass is 35.5. The zero-order chi connectivity index (χ0) is 26.0.